The van der Waals surface area contributed by atoms with Gasteiger partial charge < -0.3 is 14.7 Å². The summed E-state index contributed by atoms with van der Waals surface area (Å²) in [5.41, 5.74) is 1.27. The second-order valence-electron chi connectivity index (χ2n) is 8.63. The lowest BCUT2D eigenvalue weighted by Crippen LogP contribution is -2.31. The van der Waals surface area contributed by atoms with Gasteiger partial charge in [-0.05, 0) is 35.7 Å². The Labute approximate surface area is 211 Å². The smallest absolute Gasteiger partial charge is 0.410 e. The third-order valence-electron chi connectivity index (χ3n) is 5.83. The Morgan fingerprint density at radius 2 is 1.84 bits per heavy atom. The van der Waals surface area contributed by atoms with Gasteiger partial charge in [0, 0.05) is 23.5 Å². The Morgan fingerprint density at radius 3 is 2.54 bits per heavy atom. The van der Waals surface area contributed by atoms with Crippen LogP contribution in [0.5, 0.6) is 0 Å². The number of aromatic amines is 1. The van der Waals surface area contributed by atoms with Crippen molar-refractivity contribution in [1.82, 2.24) is 20.5 Å². The van der Waals surface area contributed by atoms with E-state index in [1.807, 2.05) is 31.2 Å². The average molecular weight is 535 g/mol. The van der Waals surface area contributed by atoms with Crippen molar-refractivity contribution in [3.05, 3.63) is 77.3 Å². The summed E-state index contributed by atoms with van der Waals surface area (Å²) in [6.45, 7) is 1.86. The quantitative estimate of drug-likeness (QED) is 0.302. The highest BCUT2D eigenvalue weighted by Crippen LogP contribution is 2.29. The molecule has 0 bridgehead atoms. The SMILES string of the molecule is CCCCS(=O)(=O)c1nnc([C@H](Cc2c[nH]c3ccccc23)NC(=O)Cc2ccc(C(F)(F)F)cc2)o1. The molecule has 1 atom stereocenters. The second kappa shape index (κ2) is 10.8. The largest absolute Gasteiger partial charge is 0.416 e. The molecule has 0 unspecified atom stereocenters. The molecule has 0 fully saturated rings. The summed E-state index contributed by atoms with van der Waals surface area (Å²) in [4.78, 5) is 16.0. The number of carbonyl (C=O) groups is 1. The van der Waals surface area contributed by atoms with E-state index in [4.69, 9.17) is 4.42 Å². The number of nitrogens with one attached hydrogen (secondary N) is 2. The molecule has 0 radical (unpaired) electrons. The molecule has 8 nitrogen and oxygen atoms in total. The van der Waals surface area contributed by atoms with Crippen LogP contribution in [-0.4, -0.2) is 35.3 Å². The third-order valence-corrected chi connectivity index (χ3v) is 7.36. The maximum atomic E-state index is 12.9. The minimum atomic E-state index is -4.47. The topological polar surface area (TPSA) is 118 Å². The molecule has 0 spiro atoms. The molecule has 0 aliphatic rings. The van der Waals surface area contributed by atoms with Crippen molar-refractivity contribution in [3.8, 4) is 0 Å². The number of carbonyl (C=O) groups excluding carboxylic acids is 1. The highest BCUT2D eigenvalue weighted by molar-refractivity contribution is 7.91. The predicted octanol–water partition coefficient (Wildman–Crippen LogP) is 4.79. The highest BCUT2D eigenvalue weighted by atomic mass is 32.2. The standard InChI is InChI=1S/C25H25F3N4O4S/c1-2-3-12-37(34,35)24-32-31-23(36-24)21(14-17-15-29-20-7-5-4-6-19(17)20)30-22(33)13-16-8-10-18(11-9-16)25(26,27)28/h4-11,15,21,29H,2-3,12-14H2,1H3,(H,30,33)/t21-/m0/s1. The molecule has 0 aliphatic heterocycles. The monoisotopic (exact) mass is 534 g/mol. The van der Waals surface area contributed by atoms with Gasteiger partial charge in [-0.2, -0.15) is 13.2 Å². The van der Waals surface area contributed by atoms with Gasteiger partial charge in [-0.25, -0.2) is 8.42 Å². The van der Waals surface area contributed by atoms with Crippen LogP contribution < -0.4 is 5.32 Å². The van der Waals surface area contributed by atoms with E-state index in [0.717, 1.165) is 28.6 Å². The molecule has 37 heavy (non-hydrogen) atoms. The van der Waals surface area contributed by atoms with E-state index in [-0.39, 0.29) is 24.5 Å². The second-order valence-corrected chi connectivity index (χ2v) is 10.6. The Bertz CT molecular complexity index is 1480. The van der Waals surface area contributed by atoms with E-state index >= 15 is 0 Å². The summed E-state index contributed by atoms with van der Waals surface area (Å²) in [6.07, 6.45) is -1.59. The summed E-state index contributed by atoms with van der Waals surface area (Å²) >= 11 is 0. The first kappa shape index (κ1) is 26.4. The van der Waals surface area contributed by atoms with Gasteiger partial charge in [0.25, 0.3) is 0 Å². The van der Waals surface area contributed by atoms with Crippen LogP contribution in [0.25, 0.3) is 10.9 Å². The van der Waals surface area contributed by atoms with E-state index in [2.05, 4.69) is 20.5 Å². The number of para-hydroxylation sites is 1. The maximum Gasteiger partial charge on any atom is 0.416 e. The zero-order chi connectivity index (χ0) is 26.6. The molecule has 4 aromatic rings. The Balaban J connectivity index is 1.57. The van der Waals surface area contributed by atoms with Crippen molar-refractivity contribution in [2.75, 3.05) is 5.75 Å². The molecular formula is C25H25F3N4O4S. The number of rotatable bonds is 10. The van der Waals surface area contributed by atoms with Crippen molar-refractivity contribution in [2.45, 2.75) is 50.0 Å². The van der Waals surface area contributed by atoms with Crippen molar-refractivity contribution in [2.24, 2.45) is 0 Å². The first-order valence-electron chi connectivity index (χ1n) is 11.6. The minimum absolute atomic E-state index is 0.0823. The molecule has 2 aromatic heterocycles. The Kier molecular flexibility index (Phi) is 7.67. The van der Waals surface area contributed by atoms with Crippen molar-refractivity contribution in [3.63, 3.8) is 0 Å². The minimum Gasteiger partial charge on any atom is -0.410 e. The molecule has 1 amide bonds. The summed E-state index contributed by atoms with van der Waals surface area (Å²) < 4.78 is 69.1. The number of halogens is 3. The van der Waals surface area contributed by atoms with Gasteiger partial charge in [0.15, 0.2) is 0 Å². The maximum absolute atomic E-state index is 12.9. The Morgan fingerprint density at radius 1 is 1.11 bits per heavy atom. The Hall–Kier alpha value is -3.67. The number of unbranched alkanes of at least 4 members (excludes halogenated alkanes) is 1. The summed E-state index contributed by atoms with van der Waals surface area (Å²) in [5, 5.41) is 10.8. The fraction of sp³-hybridized carbons (Fsp3) is 0.320. The van der Waals surface area contributed by atoms with Crippen LogP contribution in [0.15, 0.2) is 64.4 Å². The van der Waals surface area contributed by atoms with E-state index in [1.54, 1.807) is 6.20 Å². The number of benzene rings is 2. The van der Waals surface area contributed by atoms with Crippen LogP contribution in [0.4, 0.5) is 13.2 Å². The van der Waals surface area contributed by atoms with Gasteiger partial charge in [-0.3, -0.25) is 4.79 Å². The number of sulfone groups is 1. The van der Waals surface area contributed by atoms with E-state index in [9.17, 15) is 26.4 Å². The number of alkyl halides is 3. The lowest BCUT2D eigenvalue weighted by Gasteiger charge is -2.15. The fourth-order valence-corrected chi connectivity index (χ4v) is 5.09. The van der Waals surface area contributed by atoms with Gasteiger partial charge in [-0.1, -0.05) is 48.8 Å². The first-order chi connectivity index (χ1) is 17.6. The lowest BCUT2D eigenvalue weighted by atomic mass is 10.0. The highest BCUT2D eigenvalue weighted by Gasteiger charge is 2.30. The molecule has 12 heteroatoms. The molecule has 2 heterocycles. The molecular weight excluding hydrogens is 509 g/mol. The van der Waals surface area contributed by atoms with Crippen molar-refractivity contribution < 1.29 is 30.8 Å². The van der Waals surface area contributed by atoms with Gasteiger partial charge in [0.2, 0.25) is 21.6 Å². The average Bonchev–Trinajstić information content (AvgIpc) is 3.51. The van der Waals surface area contributed by atoms with Crippen LogP contribution in [0.1, 0.15) is 48.4 Å². The van der Waals surface area contributed by atoms with Gasteiger partial charge in [0.1, 0.15) is 6.04 Å². The number of H-pyrrole nitrogens is 1. The molecule has 2 N–H and O–H groups in total. The third kappa shape index (κ3) is 6.37. The summed E-state index contributed by atoms with van der Waals surface area (Å²) in [5.74, 6) is -0.724. The zero-order valence-corrected chi connectivity index (χ0v) is 20.7. The fourth-order valence-electron chi connectivity index (χ4n) is 3.87. The number of hydrogen-bond donors (Lipinski definition) is 2. The first-order valence-corrected chi connectivity index (χ1v) is 13.3. The van der Waals surface area contributed by atoms with Crippen LogP contribution >= 0.6 is 0 Å². The number of fused-ring (bicyclic) bond motifs is 1. The summed E-state index contributed by atoms with van der Waals surface area (Å²) in [6, 6.07) is 11.0. The van der Waals surface area contributed by atoms with E-state index in [1.165, 1.54) is 12.1 Å². The van der Waals surface area contributed by atoms with Crippen LogP contribution in [0.3, 0.4) is 0 Å². The zero-order valence-electron chi connectivity index (χ0n) is 19.9. The molecule has 0 aliphatic carbocycles. The van der Waals surface area contributed by atoms with Crippen LogP contribution in [0.2, 0.25) is 0 Å². The molecule has 0 saturated heterocycles. The number of amides is 1. The van der Waals surface area contributed by atoms with E-state index < -0.39 is 38.7 Å². The van der Waals surface area contributed by atoms with Gasteiger partial charge in [0.05, 0.1) is 17.7 Å². The predicted molar refractivity (Wildman–Crippen MR) is 129 cm³/mol. The molecule has 4 rings (SSSR count). The molecule has 0 saturated carbocycles. The molecule has 196 valence electrons. The summed E-state index contributed by atoms with van der Waals surface area (Å²) in [7, 11) is -3.78. The lowest BCUT2D eigenvalue weighted by molar-refractivity contribution is -0.137. The van der Waals surface area contributed by atoms with Crippen molar-refractivity contribution in [1.29, 1.82) is 0 Å². The van der Waals surface area contributed by atoms with Gasteiger partial charge >= 0.3 is 11.4 Å². The number of aromatic nitrogens is 3. The molecule has 2 aromatic carbocycles. The normalized spacial score (nSPS) is 13.1. The van der Waals surface area contributed by atoms with Crippen LogP contribution in [0, 0.1) is 0 Å². The van der Waals surface area contributed by atoms with Crippen LogP contribution in [-0.2, 0) is 33.6 Å². The van der Waals surface area contributed by atoms with Crippen molar-refractivity contribution >= 4 is 26.6 Å². The number of hydrogen-bond acceptors (Lipinski definition) is 6. The van der Waals surface area contributed by atoms with E-state index in [0.29, 0.717) is 18.4 Å². The van der Waals surface area contributed by atoms with Gasteiger partial charge in [-0.15, -0.1) is 5.10 Å². The number of nitrogens with zero attached hydrogens (tertiary/aromatic N) is 2.